The molecule has 0 saturated heterocycles. The standard InChI is InChI=1S/C14H14BrF3N4O2S/c1-2-24-8-3-7(4-8)22-5-9(11(21-22)14(16,17)18)19-12(23)10-6-25-13(15)20-10/h5-8H,2-4H2,1H3,(H,19,23)/t7-,8+. The van der Waals surface area contributed by atoms with Gasteiger partial charge in [-0.05, 0) is 35.7 Å². The Morgan fingerprint density at radius 1 is 1.52 bits per heavy atom. The molecule has 136 valence electrons. The first kappa shape index (κ1) is 18.3. The van der Waals surface area contributed by atoms with E-state index in [2.05, 4.69) is 31.3 Å². The summed E-state index contributed by atoms with van der Waals surface area (Å²) in [4.78, 5) is 16.0. The molecule has 0 bridgehead atoms. The molecular weight excluding hydrogens is 425 g/mol. The van der Waals surface area contributed by atoms with Crippen LogP contribution in [0.1, 0.15) is 42.0 Å². The zero-order valence-electron chi connectivity index (χ0n) is 13.0. The first-order chi connectivity index (χ1) is 11.8. The van der Waals surface area contributed by atoms with E-state index >= 15 is 0 Å². The van der Waals surface area contributed by atoms with Gasteiger partial charge in [0.2, 0.25) is 0 Å². The zero-order valence-corrected chi connectivity index (χ0v) is 15.4. The van der Waals surface area contributed by atoms with Gasteiger partial charge < -0.3 is 10.1 Å². The van der Waals surface area contributed by atoms with E-state index in [-0.39, 0.29) is 23.5 Å². The molecule has 0 unspecified atom stereocenters. The largest absolute Gasteiger partial charge is 0.437 e. The molecule has 11 heteroatoms. The zero-order chi connectivity index (χ0) is 18.2. The molecule has 6 nitrogen and oxygen atoms in total. The third kappa shape index (κ3) is 4.04. The van der Waals surface area contributed by atoms with Crippen LogP contribution in [-0.4, -0.2) is 33.4 Å². The van der Waals surface area contributed by atoms with Gasteiger partial charge in [-0.2, -0.15) is 18.3 Å². The highest BCUT2D eigenvalue weighted by molar-refractivity contribution is 9.11. The summed E-state index contributed by atoms with van der Waals surface area (Å²) in [6.45, 7) is 2.43. The SMILES string of the molecule is CCO[C@H]1C[C@@H](n2cc(NC(=O)c3csc(Br)n3)c(C(F)(F)F)n2)C1. The Hall–Kier alpha value is -1.46. The molecule has 0 radical (unpaired) electrons. The number of hydrogen-bond donors (Lipinski definition) is 1. The lowest BCUT2D eigenvalue weighted by Gasteiger charge is -2.34. The fourth-order valence-electron chi connectivity index (χ4n) is 2.55. The number of alkyl halides is 3. The Kier molecular flexibility index (Phi) is 5.16. The summed E-state index contributed by atoms with van der Waals surface area (Å²) < 4.78 is 46.8. The van der Waals surface area contributed by atoms with Crippen molar-refractivity contribution in [1.29, 1.82) is 0 Å². The van der Waals surface area contributed by atoms with Crippen molar-refractivity contribution >= 4 is 38.9 Å². The van der Waals surface area contributed by atoms with Crippen LogP contribution in [0.5, 0.6) is 0 Å². The van der Waals surface area contributed by atoms with Gasteiger partial charge in [-0.3, -0.25) is 9.48 Å². The molecule has 1 saturated carbocycles. The molecule has 1 aliphatic carbocycles. The topological polar surface area (TPSA) is 69.0 Å². The van der Waals surface area contributed by atoms with Gasteiger partial charge in [0.05, 0.1) is 17.8 Å². The lowest BCUT2D eigenvalue weighted by atomic mass is 9.89. The predicted molar refractivity (Wildman–Crippen MR) is 88.7 cm³/mol. The quantitative estimate of drug-likeness (QED) is 0.762. The maximum Gasteiger partial charge on any atom is 0.437 e. The van der Waals surface area contributed by atoms with Crippen LogP contribution in [0, 0.1) is 0 Å². The highest BCUT2D eigenvalue weighted by atomic mass is 79.9. The van der Waals surface area contributed by atoms with Crippen LogP contribution in [0.15, 0.2) is 15.5 Å². The Morgan fingerprint density at radius 3 is 2.80 bits per heavy atom. The van der Waals surface area contributed by atoms with Crippen LogP contribution >= 0.6 is 27.3 Å². The number of nitrogens with one attached hydrogen (secondary N) is 1. The van der Waals surface area contributed by atoms with Crippen molar-refractivity contribution in [2.75, 3.05) is 11.9 Å². The second-order valence-electron chi connectivity index (χ2n) is 5.51. The second-order valence-corrected chi connectivity index (χ2v) is 7.65. The number of halogens is 4. The molecule has 2 heterocycles. The van der Waals surface area contributed by atoms with Crippen LogP contribution in [0.4, 0.5) is 18.9 Å². The van der Waals surface area contributed by atoms with E-state index in [1.54, 1.807) is 0 Å². The minimum atomic E-state index is -4.67. The number of ether oxygens (including phenoxy) is 1. The number of nitrogens with zero attached hydrogens (tertiary/aromatic N) is 3. The molecule has 0 spiro atoms. The number of carbonyl (C=O) groups excluding carboxylic acids is 1. The van der Waals surface area contributed by atoms with Crippen molar-refractivity contribution < 1.29 is 22.7 Å². The summed E-state index contributed by atoms with van der Waals surface area (Å²) in [6.07, 6.45) is -2.22. The number of aromatic nitrogens is 3. The minimum Gasteiger partial charge on any atom is -0.378 e. The van der Waals surface area contributed by atoms with Crippen LogP contribution in [0.3, 0.4) is 0 Å². The summed E-state index contributed by atoms with van der Waals surface area (Å²) in [5.41, 5.74) is -1.45. The first-order valence-electron chi connectivity index (χ1n) is 7.48. The predicted octanol–water partition coefficient (Wildman–Crippen LogP) is 4.11. The molecule has 1 amide bonds. The molecule has 0 atom stereocenters. The Labute approximate surface area is 153 Å². The lowest BCUT2D eigenvalue weighted by Crippen LogP contribution is -2.33. The van der Waals surface area contributed by atoms with Gasteiger partial charge in [-0.15, -0.1) is 11.3 Å². The first-order valence-corrected chi connectivity index (χ1v) is 9.15. The number of anilines is 1. The van der Waals surface area contributed by atoms with Crippen LogP contribution in [0.25, 0.3) is 0 Å². The third-order valence-electron chi connectivity index (χ3n) is 3.80. The number of thiazole rings is 1. The van der Waals surface area contributed by atoms with Gasteiger partial charge in [0.1, 0.15) is 5.69 Å². The van der Waals surface area contributed by atoms with Gasteiger partial charge in [0, 0.05) is 18.2 Å². The number of carbonyl (C=O) groups is 1. The highest BCUT2D eigenvalue weighted by Crippen LogP contribution is 2.39. The maximum atomic E-state index is 13.2. The Bertz CT molecular complexity index is 770. The van der Waals surface area contributed by atoms with Gasteiger partial charge in [0.25, 0.3) is 5.91 Å². The number of rotatable bonds is 5. The van der Waals surface area contributed by atoms with Gasteiger partial charge in [0.15, 0.2) is 9.61 Å². The van der Waals surface area contributed by atoms with Crippen molar-refractivity contribution in [2.45, 2.75) is 38.1 Å². The number of amides is 1. The molecular formula is C14H14BrF3N4O2S. The highest BCUT2D eigenvalue weighted by Gasteiger charge is 2.40. The fraction of sp³-hybridized carbons (Fsp3) is 0.500. The molecule has 0 aliphatic heterocycles. The summed E-state index contributed by atoms with van der Waals surface area (Å²) >= 11 is 4.28. The van der Waals surface area contributed by atoms with Crippen molar-refractivity contribution in [3.05, 3.63) is 26.9 Å². The molecule has 2 aromatic heterocycles. The molecule has 2 aromatic rings. The van der Waals surface area contributed by atoms with E-state index in [9.17, 15) is 18.0 Å². The maximum absolute atomic E-state index is 13.2. The second kappa shape index (κ2) is 7.04. The van der Waals surface area contributed by atoms with Crippen molar-refractivity contribution in [3.63, 3.8) is 0 Å². The normalized spacial score (nSPS) is 20.4. The average Bonchev–Trinajstić information content (AvgIpc) is 3.08. The minimum absolute atomic E-state index is 0.0396. The van der Waals surface area contributed by atoms with Crippen molar-refractivity contribution in [3.8, 4) is 0 Å². The van der Waals surface area contributed by atoms with Gasteiger partial charge in [-0.25, -0.2) is 4.98 Å². The fourth-order valence-corrected chi connectivity index (χ4v) is 3.54. The molecule has 1 N–H and O–H groups in total. The van der Waals surface area contributed by atoms with E-state index in [4.69, 9.17) is 4.74 Å². The smallest absolute Gasteiger partial charge is 0.378 e. The average molecular weight is 439 g/mol. The van der Waals surface area contributed by atoms with E-state index in [0.29, 0.717) is 23.4 Å². The van der Waals surface area contributed by atoms with Crippen LogP contribution in [-0.2, 0) is 10.9 Å². The van der Waals surface area contributed by atoms with E-state index in [0.717, 1.165) is 0 Å². The third-order valence-corrected chi connectivity index (χ3v) is 5.17. The summed E-state index contributed by atoms with van der Waals surface area (Å²) in [5, 5.41) is 7.35. The monoisotopic (exact) mass is 438 g/mol. The van der Waals surface area contributed by atoms with Gasteiger partial charge in [-0.1, -0.05) is 0 Å². The molecule has 25 heavy (non-hydrogen) atoms. The Morgan fingerprint density at radius 2 is 2.24 bits per heavy atom. The summed E-state index contributed by atoms with van der Waals surface area (Å²) in [5.74, 6) is -0.715. The lowest BCUT2D eigenvalue weighted by molar-refractivity contribution is -0.141. The molecule has 1 fully saturated rings. The molecule has 3 rings (SSSR count). The van der Waals surface area contributed by atoms with E-state index in [1.165, 1.54) is 27.6 Å². The Balaban J connectivity index is 1.79. The number of hydrogen-bond acceptors (Lipinski definition) is 5. The van der Waals surface area contributed by atoms with Crippen molar-refractivity contribution in [1.82, 2.24) is 14.8 Å². The summed E-state index contributed by atoms with van der Waals surface area (Å²) in [7, 11) is 0. The van der Waals surface area contributed by atoms with Crippen LogP contribution in [0.2, 0.25) is 0 Å². The molecule has 0 aromatic carbocycles. The van der Waals surface area contributed by atoms with E-state index in [1.807, 2.05) is 6.92 Å². The van der Waals surface area contributed by atoms with E-state index < -0.39 is 17.8 Å². The summed E-state index contributed by atoms with van der Waals surface area (Å²) in [6, 6.07) is -0.170. The molecule has 1 aliphatic rings. The van der Waals surface area contributed by atoms with Crippen LogP contribution < -0.4 is 5.32 Å². The van der Waals surface area contributed by atoms with Crippen molar-refractivity contribution in [2.24, 2.45) is 0 Å². The van der Waals surface area contributed by atoms with Gasteiger partial charge >= 0.3 is 6.18 Å².